The molecule has 5 nitrogen and oxygen atoms in total. The van der Waals surface area contributed by atoms with Crippen LogP contribution in [-0.4, -0.2) is 29.6 Å². The Morgan fingerprint density at radius 2 is 2.00 bits per heavy atom. The molecule has 0 spiro atoms. The number of halogens is 2. The molecule has 0 fully saturated rings. The maximum absolute atomic E-state index is 13.2. The maximum atomic E-state index is 13.2. The molecule has 0 aliphatic rings. The molecular formula is C14H18ClFN2O3. The fourth-order valence-electron chi connectivity index (χ4n) is 1.77. The lowest BCUT2D eigenvalue weighted by molar-refractivity contribution is -0.136. The van der Waals surface area contributed by atoms with Crippen LogP contribution < -0.4 is 10.6 Å². The fourth-order valence-corrected chi connectivity index (χ4v) is 1.89. The van der Waals surface area contributed by atoms with Crippen molar-refractivity contribution in [3.05, 3.63) is 29.0 Å². The van der Waals surface area contributed by atoms with E-state index in [0.717, 1.165) is 6.07 Å². The molecule has 1 rings (SSSR count). The minimum Gasteiger partial charge on any atom is -0.393 e. The predicted molar refractivity (Wildman–Crippen MR) is 78.5 cm³/mol. The van der Waals surface area contributed by atoms with Crippen LogP contribution in [0.15, 0.2) is 18.2 Å². The van der Waals surface area contributed by atoms with Crippen molar-refractivity contribution in [2.24, 2.45) is 5.92 Å². The first kappa shape index (κ1) is 17.4. The summed E-state index contributed by atoms with van der Waals surface area (Å²) >= 11 is 5.52. The fraction of sp³-hybridized carbons (Fsp3) is 0.429. The Balaban J connectivity index is 2.47. The van der Waals surface area contributed by atoms with E-state index < -0.39 is 23.7 Å². The number of hydrogen-bond acceptors (Lipinski definition) is 3. The van der Waals surface area contributed by atoms with Crippen LogP contribution in [0.25, 0.3) is 0 Å². The van der Waals surface area contributed by atoms with Crippen molar-refractivity contribution in [2.75, 3.05) is 11.9 Å². The number of aliphatic hydroxyl groups is 1. The van der Waals surface area contributed by atoms with E-state index in [1.54, 1.807) is 6.92 Å². The minimum absolute atomic E-state index is 0.0368. The molecule has 21 heavy (non-hydrogen) atoms. The quantitative estimate of drug-likeness (QED) is 0.726. The summed E-state index contributed by atoms with van der Waals surface area (Å²) in [5.41, 5.74) is 0.147. The third kappa shape index (κ3) is 6.10. The van der Waals surface area contributed by atoms with Crippen LogP contribution in [0, 0.1) is 11.7 Å². The topological polar surface area (TPSA) is 78.4 Å². The first-order valence-electron chi connectivity index (χ1n) is 6.52. The zero-order valence-corrected chi connectivity index (χ0v) is 12.6. The average Bonchev–Trinajstić information content (AvgIpc) is 2.39. The van der Waals surface area contributed by atoms with E-state index in [-0.39, 0.29) is 23.2 Å². The molecule has 2 atom stereocenters. The molecule has 0 saturated heterocycles. The summed E-state index contributed by atoms with van der Waals surface area (Å²) in [7, 11) is 0. The molecule has 0 radical (unpaired) electrons. The molecule has 1 aromatic carbocycles. The zero-order chi connectivity index (χ0) is 16.0. The van der Waals surface area contributed by atoms with Gasteiger partial charge in [0.15, 0.2) is 0 Å². The van der Waals surface area contributed by atoms with Crippen molar-refractivity contribution < 1.29 is 19.1 Å². The largest absolute Gasteiger partial charge is 0.393 e. The van der Waals surface area contributed by atoms with Crippen molar-refractivity contribution in [3.8, 4) is 0 Å². The van der Waals surface area contributed by atoms with Gasteiger partial charge in [-0.25, -0.2) is 4.39 Å². The minimum atomic E-state index is -0.888. The molecule has 2 unspecified atom stereocenters. The first-order chi connectivity index (χ1) is 9.79. The van der Waals surface area contributed by atoms with E-state index in [0.29, 0.717) is 6.42 Å². The lowest BCUT2D eigenvalue weighted by Gasteiger charge is -2.14. The Morgan fingerprint density at radius 3 is 2.57 bits per heavy atom. The van der Waals surface area contributed by atoms with E-state index in [9.17, 15) is 19.1 Å². The Bertz CT molecular complexity index is 523. The first-order valence-corrected chi connectivity index (χ1v) is 6.89. The summed E-state index contributed by atoms with van der Waals surface area (Å²) in [6.45, 7) is 3.77. The van der Waals surface area contributed by atoms with Crippen LogP contribution in [0.3, 0.4) is 0 Å². The maximum Gasteiger partial charge on any atom is 0.313 e. The van der Waals surface area contributed by atoms with Gasteiger partial charge in [0.1, 0.15) is 5.82 Å². The standard InChI is InChI=1S/C14H18ClFN2O3/c1-8(5-9(2)19)7-17-13(20)14(21)18-10-3-4-11(15)12(16)6-10/h3-4,6,8-9,19H,5,7H2,1-2H3,(H,17,20)(H,18,21). The number of benzene rings is 1. The lowest BCUT2D eigenvalue weighted by atomic mass is 10.0. The van der Waals surface area contributed by atoms with Crippen molar-refractivity contribution in [3.63, 3.8) is 0 Å². The molecule has 1 aromatic rings. The number of carbonyl (C=O) groups excluding carboxylic acids is 2. The number of rotatable bonds is 5. The van der Waals surface area contributed by atoms with Gasteiger partial charge >= 0.3 is 11.8 Å². The van der Waals surface area contributed by atoms with Gasteiger partial charge in [0.25, 0.3) is 0 Å². The smallest absolute Gasteiger partial charge is 0.313 e. The van der Waals surface area contributed by atoms with Gasteiger partial charge in [-0.15, -0.1) is 0 Å². The summed E-state index contributed by atoms with van der Waals surface area (Å²) in [4.78, 5) is 23.2. The lowest BCUT2D eigenvalue weighted by Crippen LogP contribution is -2.38. The monoisotopic (exact) mass is 316 g/mol. The highest BCUT2D eigenvalue weighted by Crippen LogP contribution is 2.18. The third-order valence-electron chi connectivity index (χ3n) is 2.74. The van der Waals surface area contributed by atoms with E-state index in [2.05, 4.69) is 10.6 Å². The second-order valence-corrected chi connectivity index (χ2v) is 5.39. The number of nitrogens with one attached hydrogen (secondary N) is 2. The molecule has 3 N–H and O–H groups in total. The van der Waals surface area contributed by atoms with Crippen LogP contribution in [0.4, 0.5) is 10.1 Å². The highest BCUT2D eigenvalue weighted by molar-refractivity contribution is 6.39. The second kappa shape index (κ2) is 7.95. The van der Waals surface area contributed by atoms with Crippen molar-refractivity contribution in [1.82, 2.24) is 5.32 Å². The van der Waals surface area contributed by atoms with Gasteiger partial charge < -0.3 is 15.7 Å². The zero-order valence-electron chi connectivity index (χ0n) is 11.8. The number of amides is 2. The van der Waals surface area contributed by atoms with Crippen LogP contribution in [-0.2, 0) is 9.59 Å². The van der Waals surface area contributed by atoms with Crippen molar-refractivity contribution in [1.29, 1.82) is 0 Å². The molecular weight excluding hydrogens is 299 g/mol. The van der Waals surface area contributed by atoms with E-state index in [1.165, 1.54) is 12.1 Å². The number of aliphatic hydroxyl groups excluding tert-OH is 1. The predicted octanol–water partition coefficient (Wildman–Crippen LogP) is 1.94. The highest BCUT2D eigenvalue weighted by atomic mass is 35.5. The Hall–Kier alpha value is -1.66. The number of carbonyl (C=O) groups is 2. The molecule has 0 heterocycles. The van der Waals surface area contributed by atoms with Gasteiger partial charge in [-0.05, 0) is 37.5 Å². The van der Waals surface area contributed by atoms with Gasteiger partial charge in [-0.2, -0.15) is 0 Å². The molecule has 7 heteroatoms. The summed E-state index contributed by atoms with van der Waals surface area (Å²) in [6, 6.07) is 3.71. The van der Waals surface area contributed by atoms with Crippen molar-refractivity contribution >= 4 is 29.1 Å². The molecule has 116 valence electrons. The Kier molecular flexibility index (Phi) is 6.58. The normalized spacial score (nSPS) is 13.4. The van der Waals surface area contributed by atoms with E-state index >= 15 is 0 Å². The van der Waals surface area contributed by atoms with E-state index in [4.69, 9.17) is 11.6 Å². The average molecular weight is 317 g/mol. The van der Waals surface area contributed by atoms with Gasteiger partial charge in [-0.3, -0.25) is 9.59 Å². The summed E-state index contributed by atoms with van der Waals surface area (Å²) in [5, 5.41) is 13.9. The van der Waals surface area contributed by atoms with Gasteiger partial charge in [0, 0.05) is 12.2 Å². The molecule has 0 aliphatic heterocycles. The Morgan fingerprint density at radius 1 is 1.33 bits per heavy atom. The highest BCUT2D eigenvalue weighted by Gasteiger charge is 2.15. The Labute approximate surface area is 127 Å². The molecule has 0 saturated carbocycles. The summed E-state index contributed by atoms with van der Waals surface area (Å²) in [6.07, 6.45) is 0.0485. The van der Waals surface area contributed by atoms with Crippen LogP contribution in [0.5, 0.6) is 0 Å². The molecule has 0 aromatic heterocycles. The molecule has 0 bridgehead atoms. The van der Waals surface area contributed by atoms with Crippen LogP contribution in [0.2, 0.25) is 5.02 Å². The third-order valence-corrected chi connectivity index (χ3v) is 3.04. The molecule has 2 amide bonds. The summed E-state index contributed by atoms with van der Waals surface area (Å²) in [5.74, 6) is -2.35. The SMILES string of the molecule is CC(O)CC(C)CNC(=O)C(=O)Nc1ccc(Cl)c(F)c1. The van der Waals surface area contributed by atoms with Crippen LogP contribution in [0.1, 0.15) is 20.3 Å². The van der Waals surface area contributed by atoms with Gasteiger partial charge in [-0.1, -0.05) is 18.5 Å². The van der Waals surface area contributed by atoms with Crippen LogP contribution >= 0.6 is 11.6 Å². The van der Waals surface area contributed by atoms with Gasteiger partial charge in [0.2, 0.25) is 0 Å². The number of anilines is 1. The molecule has 0 aliphatic carbocycles. The number of hydrogen-bond donors (Lipinski definition) is 3. The van der Waals surface area contributed by atoms with E-state index in [1.807, 2.05) is 6.92 Å². The van der Waals surface area contributed by atoms with Crippen molar-refractivity contribution in [2.45, 2.75) is 26.4 Å². The van der Waals surface area contributed by atoms with Gasteiger partial charge in [0.05, 0.1) is 11.1 Å². The summed E-state index contributed by atoms with van der Waals surface area (Å²) < 4.78 is 13.2. The second-order valence-electron chi connectivity index (χ2n) is 4.98.